The Morgan fingerprint density at radius 3 is 2.29 bits per heavy atom. The van der Waals surface area contributed by atoms with E-state index in [1.807, 2.05) is 0 Å². The molecule has 0 saturated carbocycles. The van der Waals surface area contributed by atoms with Crippen LogP contribution in [0.15, 0.2) is 45.5 Å². The zero-order valence-corrected chi connectivity index (χ0v) is 21.9. The largest absolute Gasteiger partial charge is 0.462 e. The Bertz CT molecular complexity index is 1180. The molecule has 10 nitrogen and oxygen atoms in total. The first kappa shape index (κ1) is 26.3. The Kier molecular flexibility index (Phi) is 7.03. The molecule has 11 heteroatoms. The molecule has 1 atom stereocenters. The van der Waals surface area contributed by atoms with Gasteiger partial charge in [-0.15, -0.1) is 0 Å². The molecule has 2 aliphatic rings. The molecule has 0 aliphatic carbocycles. The number of rotatable bonds is 4. The summed E-state index contributed by atoms with van der Waals surface area (Å²) in [5.41, 5.74) is 2.54. The number of allylic oxidation sites excluding steroid dienone is 1. The number of fused-ring (bicyclic) bond motifs is 2. The fourth-order valence-corrected chi connectivity index (χ4v) is 4.53. The molecule has 1 aromatic carbocycles. The van der Waals surface area contributed by atoms with E-state index in [1.54, 1.807) is 40.7 Å². The quantitative estimate of drug-likeness (QED) is 0.440. The van der Waals surface area contributed by atoms with Crippen molar-refractivity contribution in [3.8, 4) is 0 Å². The molecular formula is C24H27BrN2O8. The zero-order valence-electron chi connectivity index (χ0n) is 20.3. The second-order valence-electron chi connectivity index (χ2n) is 8.75. The van der Waals surface area contributed by atoms with Crippen molar-refractivity contribution >= 4 is 45.6 Å². The molecule has 2 heterocycles. The lowest BCUT2D eigenvalue weighted by Crippen LogP contribution is -2.52. The standard InChI is InChI=1S/C24H27BrN2O8/c1-7-32-19(28)17-18(26)34-12(3)16(20(29)35-23(4,5)6)24(17)14-11-13(25)9-10-15(14)27(21(24)30)22(31)33-8-2/h9-11H,7-8,26H2,1-6H3. The third-order valence-corrected chi connectivity index (χ3v) is 5.77. The second kappa shape index (κ2) is 9.37. The van der Waals surface area contributed by atoms with Crippen LogP contribution in [-0.2, 0) is 38.7 Å². The van der Waals surface area contributed by atoms with Gasteiger partial charge in [0.1, 0.15) is 27.9 Å². The van der Waals surface area contributed by atoms with E-state index in [4.69, 9.17) is 24.7 Å². The Morgan fingerprint density at radius 2 is 1.71 bits per heavy atom. The third-order valence-electron chi connectivity index (χ3n) is 5.27. The number of imide groups is 1. The van der Waals surface area contributed by atoms with Gasteiger partial charge in [-0.2, -0.15) is 0 Å². The summed E-state index contributed by atoms with van der Waals surface area (Å²) in [5, 5.41) is 0. The van der Waals surface area contributed by atoms with Gasteiger partial charge in [0.15, 0.2) is 0 Å². The highest BCUT2D eigenvalue weighted by Crippen LogP contribution is 2.55. The highest BCUT2D eigenvalue weighted by atomic mass is 79.9. The van der Waals surface area contributed by atoms with E-state index in [9.17, 15) is 19.2 Å². The lowest BCUT2D eigenvalue weighted by Gasteiger charge is -2.37. The summed E-state index contributed by atoms with van der Waals surface area (Å²) in [7, 11) is 0. The maximum absolute atomic E-state index is 14.3. The van der Waals surface area contributed by atoms with Crippen molar-refractivity contribution in [2.24, 2.45) is 5.73 Å². The average molecular weight is 551 g/mol. The van der Waals surface area contributed by atoms with Gasteiger partial charge in [0, 0.05) is 10.0 Å². The molecule has 35 heavy (non-hydrogen) atoms. The summed E-state index contributed by atoms with van der Waals surface area (Å²) in [5.74, 6) is -3.34. The number of halogens is 1. The van der Waals surface area contributed by atoms with Gasteiger partial charge in [0.25, 0.3) is 5.91 Å². The number of hydrogen-bond acceptors (Lipinski definition) is 9. The minimum absolute atomic E-state index is 0.0128. The number of hydrogen-bond donors (Lipinski definition) is 1. The summed E-state index contributed by atoms with van der Waals surface area (Å²) in [4.78, 5) is 54.8. The molecule has 1 spiro atoms. The molecule has 3 rings (SSSR count). The molecule has 188 valence electrons. The highest BCUT2D eigenvalue weighted by Gasteiger charge is 2.65. The minimum Gasteiger partial charge on any atom is -0.462 e. The number of amides is 2. The normalized spacial score (nSPS) is 19.5. The number of ether oxygens (including phenoxy) is 4. The van der Waals surface area contributed by atoms with Gasteiger partial charge in [0.05, 0.1) is 18.9 Å². The number of nitrogens with zero attached hydrogens (tertiary/aromatic N) is 1. The molecular weight excluding hydrogens is 524 g/mol. The minimum atomic E-state index is -2.19. The fraction of sp³-hybridized carbons (Fsp3) is 0.417. The Hall–Kier alpha value is -3.34. The predicted octanol–water partition coefficient (Wildman–Crippen LogP) is 3.57. The monoisotopic (exact) mass is 550 g/mol. The fourth-order valence-electron chi connectivity index (χ4n) is 4.17. The van der Waals surface area contributed by atoms with E-state index >= 15 is 0 Å². The van der Waals surface area contributed by atoms with E-state index < -0.39 is 46.4 Å². The van der Waals surface area contributed by atoms with Crippen LogP contribution >= 0.6 is 15.9 Å². The molecule has 2 amide bonds. The molecule has 1 unspecified atom stereocenters. The van der Waals surface area contributed by atoms with Gasteiger partial charge >= 0.3 is 18.0 Å². The lowest BCUT2D eigenvalue weighted by molar-refractivity contribution is -0.152. The van der Waals surface area contributed by atoms with Gasteiger partial charge < -0.3 is 24.7 Å². The van der Waals surface area contributed by atoms with Crippen molar-refractivity contribution in [2.75, 3.05) is 18.1 Å². The molecule has 0 fully saturated rings. The smallest absolute Gasteiger partial charge is 0.421 e. The Labute approximate surface area is 211 Å². The number of benzene rings is 1. The van der Waals surface area contributed by atoms with E-state index in [-0.39, 0.29) is 35.8 Å². The van der Waals surface area contributed by atoms with Gasteiger partial charge in [-0.1, -0.05) is 15.9 Å². The number of anilines is 1. The van der Waals surface area contributed by atoms with Gasteiger partial charge in [-0.05, 0) is 59.7 Å². The first-order valence-corrected chi connectivity index (χ1v) is 11.7. The van der Waals surface area contributed by atoms with Crippen LogP contribution in [0.3, 0.4) is 0 Å². The van der Waals surface area contributed by atoms with Crippen LogP contribution in [0.2, 0.25) is 0 Å². The van der Waals surface area contributed by atoms with Crippen LogP contribution in [0.5, 0.6) is 0 Å². The molecule has 2 N–H and O–H groups in total. The maximum Gasteiger partial charge on any atom is 0.421 e. The number of nitrogens with two attached hydrogens (primary N) is 1. The van der Waals surface area contributed by atoms with E-state index in [0.29, 0.717) is 4.47 Å². The molecule has 0 saturated heterocycles. The van der Waals surface area contributed by atoms with Crippen LogP contribution in [0.1, 0.15) is 47.1 Å². The zero-order chi connectivity index (χ0) is 26.3. The van der Waals surface area contributed by atoms with Crippen LogP contribution in [0.4, 0.5) is 10.5 Å². The van der Waals surface area contributed by atoms with Crippen LogP contribution in [-0.4, -0.2) is 42.8 Å². The number of esters is 2. The Balaban J connectivity index is 2.46. The van der Waals surface area contributed by atoms with Crippen molar-refractivity contribution in [3.63, 3.8) is 0 Å². The predicted molar refractivity (Wildman–Crippen MR) is 128 cm³/mol. The van der Waals surface area contributed by atoms with Crippen LogP contribution in [0.25, 0.3) is 0 Å². The molecule has 0 radical (unpaired) electrons. The summed E-state index contributed by atoms with van der Waals surface area (Å²) in [6.45, 7) is 9.49. The second-order valence-corrected chi connectivity index (χ2v) is 9.66. The van der Waals surface area contributed by atoms with E-state index in [1.165, 1.54) is 19.1 Å². The first-order chi connectivity index (χ1) is 16.3. The number of carbonyl (C=O) groups is 4. The molecule has 2 aliphatic heterocycles. The first-order valence-electron chi connectivity index (χ1n) is 10.9. The Morgan fingerprint density at radius 1 is 1.09 bits per heavy atom. The maximum atomic E-state index is 14.3. The third kappa shape index (κ3) is 4.29. The molecule has 1 aromatic rings. The molecule has 0 aromatic heterocycles. The summed E-state index contributed by atoms with van der Waals surface area (Å²) in [6.07, 6.45) is -0.979. The lowest BCUT2D eigenvalue weighted by atomic mass is 9.67. The van der Waals surface area contributed by atoms with Crippen LogP contribution in [0, 0.1) is 0 Å². The summed E-state index contributed by atoms with van der Waals surface area (Å²) >= 11 is 3.37. The summed E-state index contributed by atoms with van der Waals surface area (Å²) < 4.78 is 22.0. The van der Waals surface area contributed by atoms with Gasteiger partial charge in [0.2, 0.25) is 5.88 Å². The average Bonchev–Trinajstić information content (AvgIpc) is 2.95. The van der Waals surface area contributed by atoms with Gasteiger partial charge in [-0.3, -0.25) is 4.79 Å². The number of carbonyl (C=O) groups excluding carboxylic acids is 4. The summed E-state index contributed by atoms with van der Waals surface area (Å²) in [6, 6.07) is 4.64. The highest BCUT2D eigenvalue weighted by molar-refractivity contribution is 9.10. The van der Waals surface area contributed by atoms with Crippen molar-refractivity contribution in [2.45, 2.75) is 52.6 Å². The SMILES string of the molecule is CCOC(=O)C1=C(N)OC(C)=C(C(=O)OC(C)(C)C)C12C(=O)N(C(=O)OCC)c1ccc(Br)cc12. The van der Waals surface area contributed by atoms with Crippen molar-refractivity contribution < 1.29 is 38.1 Å². The molecule has 0 bridgehead atoms. The van der Waals surface area contributed by atoms with E-state index in [2.05, 4.69) is 15.9 Å². The van der Waals surface area contributed by atoms with Crippen molar-refractivity contribution in [1.29, 1.82) is 0 Å². The van der Waals surface area contributed by atoms with Crippen molar-refractivity contribution in [1.82, 2.24) is 0 Å². The van der Waals surface area contributed by atoms with E-state index in [0.717, 1.165) is 4.90 Å². The van der Waals surface area contributed by atoms with Gasteiger partial charge in [-0.25, -0.2) is 19.3 Å². The van der Waals surface area contributed by atoms with Crippen LogP contribution < -0.4 is 10.6 Å². The topological polar surface area (TPSA) is 134 Å². The van der Waals surface area contributed by atoms with Crippen molar-refractivity contribution in [3.05, 3.63) is 51.0 Å².